The number of nitrogens with zero attached hydrogens (tertiary/aromatic N) is 2. The average Bonchev–Trinajstić information content (AvgIpc) is 3.65. The Morgan fingerprint density at radius 1 is 1.00 bits per heavy atom. The summed E-state index contributed by atoms with van der Waals surface area (Å²) >= 11 is 7.46. The molecule has 5 aromatic rings. The normalized spacial score (nSPS) is 19.2. The molecule has 2 atom stereocenters. The number of amides is 1. The summed E-state index contributed by atoms with van der Waals surface area (Å²) in [5.74, 6) is 0.0653. The van der Waals surface area contributed by atoms with Gasteiger partial charge in [0.15, 0.2) is 5.13 Å². The van der Waals surface area contributed by atoms with E-state index in [2.05, 4.69) is 4.98 Å². The van der Waals surface area contributed by atoms with Gasteiger partial charge in [-0.3, -0.25) is 14.5 Å². The van der Waals surface area contributed by atoms with Crippen molar-refractivity contribution in [1.82, 2.24) is 4.98 Å². The summed E-state index contributed by atoms with van der Waals surface area (Å²) in [6.07, 6.45) is 0.698. The fourth-order valence-electron chi connectivity index (χ4n) is 5.43. The van der Waals surface area contributed by atoms with Crippen molar-refractivity contribution < 1.29 is 24.2 Å². The van der Waals surface area contributed by atoms with Gasteiger partial charge in [-0.05, 0) is 78.7 Å². The fourth-order valence-corrected chi connectivity index (χ4v) is 6.70. The Morgan fingerprint density at radius 3 is 2.64 bits per heavy atom. The summed E-state index contributed by atoms with van der Waals surface area (Å²) < 4.78 is 12.6. The highest BCUT2D eigenvalue weighted by Crippen LogP contribution is 2.45. The molecule has 1 aromatic heterocycles. The molecule has 1 fully saturated rings. The van der Waals surface area contributed by atoms with Crippen molar-refractivity contribution in [1.29, 1.82) is 0 Å². The molecular formula is C33H23ClN2O5S. The molecular weight excluding hydrogens is 572 g/mol. The molecule has 42 heavy (non-hydrogen) atoms. The third-order valence-corrected chi connectivity index (χ3v) is 8.56. The molecule has 2 aliphatic heterocycles. The van der Waals surface area contributed by atoms with E-state index >= 15 is 0 Å². The molecule has 0 unspecified atom stereocenters. The van der Waals surface area contributed by atoms with Gasteiger partial charge in [-0.2, -0.15) is 0 Å². The lowest BCUT2D eigenvalue weighted by atomic mass is 9.94. The highest BCUT2D eigenvalue weighted by atomic mass is 35.5. The Morgan fingerprint density at radius 2 is 1.81 bits per heavy atom. The monoisotopic (exact) mass is 594 g/mol. The number of rotatable bonds is 5. The molecule has 2 aliphatic rings. The van der Waals surface area contributed by atoms with Gasteiger partial charge in [0.1, 0.15) is 29.1 Å². The van der Waals surface area contributed by atoms with E-state index in [0.29, 0.717) is 44.7 Å². The third-order valence-electron chi connectivity index (χ3n) is 7.31. The first kappa shape index (κ1) is 26.3. The molecule has 3 heterocycles. The summed E-state index contributed by atoms with van der Waals surface area (Å²) in [7, 11) is 0. The number of hydrogen-bond donors (Lipinski definition) is 1. The number of aliphatic hydroxyl groups excluding tert-OH is 1. The number of aromatic nitrogens is 1. The van der Waals surface area contributed by atoms with E-state index in [1.54, 1.807) is 54.6 Å². The predicted molar refractivity (Wildman–Crippen MR) is 163 cm³/mol. The number of carbonyl (C=O) groups is 2. The van der Waals surface area contributed by atoms with Crippen LogP contribution in [0.5, 0.6) is 17.2 Å². The Hall–Kier alpha value is -4.66. The molecule has 1 amide bonds. The second-order valence-electron chi connectivity index (χ2n) is 10.2. The second-order valence-corrected chi connectivity index (χ2v) is 11.7. The van der Waals surface area contributed by atoms with E-state index in [0.717, 1.165) is 16.0 Å². The maximum atomic E-state index is 13.7. The van der Waals surface area contributed by atoms with Crippen LogP contribution in [0.2, 0.25) is 5.02 Å². The molecule has 1 saturated heterocycles. The van der Waals surface area contributed by atoms with E-state index in [4.69, 9.17) is 21.1 Å². The van der Waals surface area contributed by atoms with Crippen LogP contribution in [0.3, 0.4) is 0 Å². The number of ketones is 1. The van der Waals surface area contributed by atoms with Gasteiger partial charge in [-0.1, -0.05) is 53.3 Å². The minimum atomic E-state index is -0.955. The highest BCUT2D eigenvalue weighted by molar-refractivity contribution is 7.22. The van der Waals surface area contributed by atoms with Crippen molar-refractivity contribution >= 4 is 55.7 Å². The van der Waals surface area contributed by atoms with Crippen molar-refractivity contribution in [3.63, 3.8) is 0 Å². The quantitative estimate of drug-likeness (QED) is 0.127. The molecule has 0 saturated carbocycles. The van der Waals surface area contributed by atoms with Crippen molar-refractivity contribution in [2.24, 2.45) is 0 Å². The molecule has 4 aromatic carbocycles. The first-order valence-corrected chi connectivity index (χ1v) is 14.5. The minimum Gasteiger partial charge on any atom is -0.507 e. The number of carbonyl (C=O) groups excluding carboxylic acids is 2. The van der Waals surface area contributed by atoms with Crippen LogP contribution in [0.1, 0.15) is 29.7 Å². The lowest BCUT2D eigenvalue weighted by Crippen LogP contribution is -2.29. The van der Waals surface area contributed by atoms with Crippen LogP contribution in [0, 0.1) is 0 Å². The Kier molecular flexibility index (Phi) is 6.45. The molecule has 9 heteroatoms. The van der Waals surface area contributed by atoms with E-state index in [1.807, 2.05) is 43.3 Å². The van der Waals surface area contributed by atoms with Gasteiger partial charge in [0.2, 0.25) is 0 Å². The van der Waals surface area contributed by atoms with Crippen LogP contribution >= 0.6 is 22.9 Å². The van der Waals surface area contributed by atoms with Crippen LogP contribution in [0.25, 0.3) is 16.0 Å². The number of para-hydroxylation sites is 1. The van der Waals surface area contributed by atoms with Gasteiger partial charge in [-0.25, -0.2) is 4.98 Å². The van der Waals surface area contributed by atoms with Crippen molar-refractivity contribution in [3.8, 4) is 17.2 Å². The molecule has 7 rings (SSSR count). The highest BCUT2D eigenvalue weighted by Gasteiger charge is 2.48. The Balaban J connectivity index is 1.38. The number of ether oxygens (including phenoxy) is 2. The van der Waals surface area contributed by atoms with Crippen LogP contribution < -0.4 is 14.4 Å². The van der Waals surface area contributed by atoms with Crippen molar-refractivity contribution in [2.75, 3.05) is 4.90 Å². The van der Waals surface area contributed by atoms with Gasteiger partial charge >= 0.3 is 5.91 Å². The van der Waals surface area contributed by atoms with E-state index < -0.39 is 17.7 Å². The SMILES string of the molecule is C[C@@H]1Cc2cc(/C(O)=C3\C(=O)C(=O)N(c4nc5ccc(Cl)cc5s4)[C@@H]3c3cccc(Oc4ccccc4)c3)ccc2O1. The van der Waals surface area contributed by atoms with Crippen LogP contribution in [0.4, 0.5) is 5.13 Å². The summed E-state index contributed by atoms with van der Waals surface area (Å²) in [5.41, 5.74) is 2.57. The van der Waals surface area contributed by atoms with Gasteiger partial charge in [0.05, 0.1) is 21.8 Å². The Labute approximate surface area is 250 Å². The fraction of sp³-hybridized carbons (Fsp3) is 0.121. The standard InChI is InChI=1S/C33H23ClN2O5S/c1-18-14-21-15-20(10-13-26(21)40-18)30(37)28-29(19-6-5-9-24(16-19)41-23-7-3-2-4-8-23)36(32(39)31(28)38)33-35-25-12-11-22(34)17-27(25)42-33/h2-13,15-18,29,37H,14H2,1H3/b30-28+/t18-,29-/m1/s1. The zero-order valence-electron chi connectivity index (χ0n) is 22.3. The smallest absolute Gasteiger partial charge is 0.301 e. The van der Waals surface area contributed by atoms with Crippen molar-refractivity contribution in [3.05, 3.63) is 118 Å². The maximum absolute atomic E-state index is 13.7. The van der Waals surface area contributed by atoms with Crippen molar-refractivity contribution in [2.45, 2.75) is 25.5 Å². The Bertz CT molecular complexity index is 1920. The molecule has 0 radical (unpaired) electrons. The topological polar surface area (TPSA) is 89.0 Å². The molecule has 208 valence electrons. The number of fused-ring (bicyclic) bond motifs is 2. The largest absolute Gasteiger partial charge is 0.507 e. The van der Waals surface area contributed by atoms with Gasteiger partial charge in [0.25, 0.3) is 5.78 Å². The summed E-state index contributed by atoms with van der Waals surface area (Å²) in [6.45, 7) is 1.97. The molecule has 0 spiro atoms. The molecule has 0 aliphatic carbocycles. The molecule has 0 bridgehead atoms. The van der Waals surface area contributed by atoms with Gasteiger partial charge in [0, 0.05) is 17.0 Å². The summed E-state index contributed by atoms with van der Waals surface area (Å²) in [5, 5.41) is 12.5. The first-order chi connectivity index (χ1) is 20.4. The van der Waals surface area contributed by atoms with E-state index in [-0.39, 0.29) is 17.4 Å². The number of benzene rings is 4. The number of aliphatic hydroxyl groups is 1. The second kappa shape index (κ2) is 10.3. The summed E-state index contributed by atoms with van der Waals surface area (Å²) in [4.78, 5) is 33.4. The number of thiazole rings is 1. The third kappa shape index (κ3) is 4.58. The maximum Gasteiger partial charge on any atom is 0.301 e. The molecule has 7 nitrogen and oxygen atoms in total. The van der Waals surface area contributed by atoms with Crippen LogP contribution in [-0.2, 0) is 16.0 Å². The molecule has 1 N–H and O–H groups in total. The van der Waals surface area contributed by atoms with Gasteiger partial charge in [-0.15, -0.1) is 0 Å². The van der Waals surface area contributed by atoms with E-state index in [9.17, 15) is 14.7 Å². The predicted octanol–water partition coefficient (Wildman–Crippen LogP) is 7.69. The van der Waals surface area contributed by atoms with Crippen LogP contribution in [0.15, 0.2) is 96.6 Å². The number of anilines is 1. The first-order valence-electron chi connectivity index (χ1n) is 13.4. The number of halogens is 1. The van der Waals surface area contributed by atoms with Crippen LogP contribution in [-0.4, -0.2) is 27.9 Å². The summed E-state index contributed by atoms with van der Waals surface area (Å²) in [6, 6.07) is 26.1. The number of hydrogen-bond acceptors (Lipinski definition) is 7. The van der Waals surface area contributed by atoms with Gasteiger partial charge < -0.3 is 14.6 Å². The number of Topliss-reactive ketones (excluding diaryl/α,β-unsaturated/α-hetero) is 1. The lowest BCUT2D eigenvalue weighted by Gasteiger charge is -2.23. The van der Waals surface area contributed by atoms with E-state index in [1.165, 1.54) is 16.2 Å². The average molecular weight is 595 g/mol. The lowest BCUT2D eigenvalue weighted by molar-refractivity contribution is -0.132. The minimum absolute atomic E-state index is 0.0165. The zero-order valence-corrected chi connectivity index (χ0v) is 23.9. The zero-order chi connectivity index (χ0) is 29.0.